The standard InChI is InChI=1S/C2H4N2O3.H2O2/c3-1(5)4-2(6)7;1-2/h(H,6,7)(H3,3,4,5);1-2H. The van der Waals surface area contributed by atoms with Crippen LogP contribution in [-0.2, 0) is 0 Å². The van der Waals surface area contributed by atoms with Crippen molar-refractivity contribution < 1.29 is 25.2 Å². The third kappa shape index (κ3) is 20.4. The van der Waals surface area contributed by atoms with Gasteiger partial charge in [-0.1, -0.05) is 0 Å². The van der Waals surface area contributed by atoms with E-state index in [1.165, 1.54) is 5.32 Å². The number of imide groups is 1. The maximum absolute atomic E-state index is 9.54. The highest BCUT2D eigenvalue weighted by Crippen LogP contribution is 1.55. The van der Waals surface area contributed by atoms with Crippen molar-refractivity contribution in [2.75, 3.05) is 0 Å². The summed E-state index contributed by atoms with van der Waals surface area (Å²) < 4.78 is 0. The van der Waals surface area contributed by atoms with Gasteiger partial charge in [-0.25, -0.2) is 14.9 Å². The molecule has 0 aliphatic rings. The summed E-state index contributed by atoms with van der Waals surface area (Å²) >= 11 is 0. The van der Waals surface area contributed by atoms with Gasteiger partial charge in [0.15, 0.2) is 0 Å². The molecule has 0 saturated heterocycles. The summed E-state index contributed by atoms with van der Waals surface area (Å²) in [5.74, 6) is 0. The van der Waals surface area contributed by atoms with Crippen molar-refractivity contribution in [1.29, 1.82) is 0 Å². The van der Waals surface area contributed by atoms with Crippen molar-refractivity contribution in [2.45, 2.75) is 0 Å². The number of hydrogen-bond acceptors (Lipinski definition) is 4. The minimum atomic E-state index is -1.44. The van der Waals surface area contributed by atoms with Crippen LogP contribution in [0.2, 0.25) is 0 Å². The van der Waals surface area contributed by atoms with E-state index < -0.39 is 12.1 Å². The molecule has 9 heavy (non-hydrogen) atoms. The average Bonchev–Trinajstić information content (AvgIpc) is 1.68. The van der Waals surface area contributed by atoms with E-state index in [1.807, 2.05) is 0 Å². The molecule has 0 aliphatic carbocycles. The highest BCUT2D eigenvalue weighted by molar-refractivity contribution is 5.88. The summed E-state index contributed by atoms with van der Waals surface area (Å²) in [5.41, 5.74) is 4.36. The molecule has 0 bridgehead atoms. The van der Waals surface area contributed by atoms with E-state index in [9.17, 15) is 9.59 Å². The summed E-state index contributed by atoms with van der Waals surface area (Å²) in [4.78, 5) is 18.9. The van der Waals surface area contributed by atoms with Crippen molar-refractivity contribution in [3.05, 3.63) is 0 Å². The van der Waals surface area contributed by atoms with Crippen molar-refractivity contribution in [1.82, 2.24) is 5.32 Å². The zero-order valence-electron chi connectivity index (χ0n) is 4.24. The Kier molecular flexibility index (Phi) is 7.85. The van der Waals surface area contributed by atoms with Gasteiger partial charge >= 0.3 is 12.1 Å². The van der Waals surface area contributed by atoms with E-state index in [4.69, 9.17) is 15.6 Å². The molecule has 0 heterocycles. The lowest BCUT2D eigenvalue weighted by Crippen LogP contribution is -2.33. The van der Waals surface area contributed by atoms with Gasteiger partial charge in [0, 0.05) is 0 Å². The molecule has 0 rings (SSSR count). The van der Waals surface area contributed by atoms with Crippen LogP contribution in [0.15, 0.2) is 0 Å². The molecule has 0 aromatic rings. The number of amides is 3. The fourth-order valence-corrected chi connectivity index (χ4v) is 0.105. The van der Waals surface area contributed by atoms with Gasteiger partial charge in [-0.05, 0) is 0 Å². The lowest BCUT2D eigenvalue weighted by Gasteiger charge is -1.86. The van der Waals surface area contributed by atoms with Gasteiger partial charge in [0.1, 0.15) is 0 Å². The van der Waals surface area contributed by atoms with Crippen LogP contribution in [0, 0.1) is 0 Å². The smallest absolute Gasteiger partial charge is 0.412 e. The summed E-state index contributed by atoms with van der Waals surface area (Å²) in [6.07, 6.45) is -1.44. The number of hydrogen-bond donors (Lipinski definition) is 5. The Bertz CT molecular complexity index is 89.1. The van der Waals surface area contributed by atoms with Crippen LogP contribution in [0.5, 0.6) is 0 Å². The number of nitrogens with two attached hydrogens (primary N) is 1. The highest BCUT2D eigenvalue weighted by atomic mass is 17.0. The van der Waals surface area contributed by atoms with Crippen LogP contribution in [0.25, 0.3) is 0 Å². The first kappa shape index (κ1) is 10.6. The van der Waals surface area contributed by atoms with Gasteiger partial charge in [0.05, 0.1) is 0 Å². The van der Waals surface area contributed by atoms with E-state index in [-0.39, 0.29) is 0 Å². The van der Waals surface area contributed by atoms with Crippen LogP contribution in [0.1, 0.15) is 0 Å². The second-order valence-corrected chi connectivity index (χ2v) is 0.794. The van der Waals surface area contributed by atoms with Gasteiger partial charge in [-0.3, -0.25) is 10.5 Å². The first-order valence-electron chi connectivity index (χ1n) is 1.62. The first-order valence-corrected chi connectivity index (χ1v) is 1.62. The Morgan fingerprint density at radius 3 is 1.67 bits per heavy atom. The molecule has 0 saturated carbocycles. The molecular formula is C2H6N2O5. The Morgan fingerprint density at radius 2 is 1.67 bits per heavy atom. The number of nitrogens with one attached hydrogen (secondary N) is 1. The molecule has 7 heteroatoms. The molecule has 7 nitrogen and oxygen atoms in total. The van der Waals surface area contributed by atoms with E-state index in [0.29, 0.717) is 0 Å². The molecule has 6 N–H and O–H groups in total. The molecule has 3 amide bonds. The maximum Gasteiger partial charge on any atom is 0.412 e. The number of urea groups is 1. The number of carboxylic acid groups (broad SMARTS) is 1. The summed E-state index contributed by atoms with van der Waals surface area (Å²) in [5, 5.41) is 21.0. The first-order chi connectivity index (χ1) is 4.13. The van der Waals surface area contributed by atoms with E-state index in [0.717, 1.165) is 0 Å². The van der Waals surface area contributed by atoms with Crippen LogP contribution >= 0.6 is 0 Å². The van der Waals surface area contributed by atoms with Gasteiger partial charge in [-0.2, -0.15) is 0 Å². The van der Waals surface area contributed by atoms with Gasteiger partial charge < -0.3 is 10.8 Å². The Balaban J connectivity index is 0. The maximum atomic E-state index is 9.54. The summed E-state index contributed by atoms with van der Waals surface area (Å²) in [7, 11) is 0. The van der Waals surface area contributed by atoms with E-state index in [1.54, 1.807) is 0 Å². The highest BCUT2D eigenvalue weighted by Gasteiger charge is 1.94. The number of primary amides is 1. The Hall–Kier alpha value is -1.34. The third-order valence-electron chi connectivity index (χ3n) is 0.230. The van der Waals surface area contributed by atoms with Gasteiger partial charge in [0.2, 0.25) is 0 Å². The molecule has 0 fully saturated rings. The normalized spacial score (nSPS) is 6.44. The molecule has 0 aliphatic heterocycles. The van der Waals surface area contributed by atoms with Crippen molar-refractivity contribution in [2.24, 2.45) is 5.73 Å². The average molecular weight is 138 g/mol. The van der Waals surface area contributed by atoms with Crippen molar-refractivity contribution >= 4 is 12.1 Å². The lowest BCUT2D eigenvalue weighted by atomic mass is 11.0. The van der Waals surface area contributed by atoms with Crippen LogP contribution in [0.4, 0.5) is 9.59 Å². The monoisotopic (exact) mass is 138 g/mol. The Morgan fingerprint density at radius 1 is 1.33 bits per heavy atom. The largest absolute Gasteiger partial charge is 0.465 e. The lowest BCUT2D eigenvalue weighted by molar-refractivity contribution is -0.176. The Labute approximate surface area is 49.6 Å². The zero-order valence-corrected chi connectivity index (χ0v) is 4.24. The minimum absolute atomic E-state index is 1.06. The van der Waals surface area contributed by atoms with Crippen LogP contribution < -0.4 is 11.1 Å². The third-order valence-corrected chi connectivity index (χ3v) is 0.230. The van der Waals surface area contributed by atoms with Crippen molar-refractivity contribution in [3.8, 4) is 0 Å². The molecular weight excluding hydrogens is 132 g/mol. The van der Waals surface area contributed by atoms with Gasteiger partial charge in [0.25, 0.3) is 0 Å². The predicted octanol–water partition coefficient (Wildman–Crippen LogP) is -0.650. The predicted molar refractivity (Wildman–Crippen MR) is 26.0 cm³/mol. The fourth-order valence-electron chi connectivity index (χ4n) is 0.105. The molecule has 0 radical (unpaired) electrons. The second-order valence-electron chi connectivity index (χ2n) is 0.794. The number of carbonyl (C=O) groups is 2. The van der Waals surface area contributed by atoms with Crippen LogP contribution in [0.3, 0.4) is 0 Å². The molecule has 0 unspecified atom stereocenters. The SMILES string of the molecule is NC(=O)NC(=O)O.OO. The topological polar surface area (TPSA) is 133 Å². The molecule has 0 aromatic carbocycles. The zero-order chi connectivity index (χ0) is 7.86. The van der Waals surface area contributed by atoms with Gasteiger partial charge in [-0.15, -0.1) is 0 Å². The quantitative estimate of drug-likeness (QED) is 0.224. The molecule has 0 aromatic heterocycles. The second kappa shape index (κ2) is 6.66. The van der Waals surface area contributed by atoms with E-state index in [2.05, 4.69) is 5.73 Å². The molecule has 0 atom stereocenters. The van der Waals surface area contributed by atoms with Crippen molar-refractivity contribution in [3.63, 3.8) is 0 Å². The number of rotatable bonds is 0. The molecule has 54 valence electrons. The van der Waals surface area contributed by atoms with Crippen LogP contribution in [-0.4, -0.2) is 27.7 Å². The minimum Gasteiger partial charge on any atom is -0.465 e. The fraction of sp³-hybridized carbons (Fsp3) is 0. The molecule has 0 spiro atoms. The summed E-state index contributed by atoms with van der Waals surface area (Å²) in [6.45, 7) is 0. The van der Waals surface area contributed by atoms with E-state index >= 15 is 0 Å². The summed E-state index contributed by atoms with van der Waals surface area (Å²) in [6, 6.07) is -1.06. The number of carbonyl (C=O) groups excluding carboxylic acids is 1.